The van der Waals surface area contributed by atoms with Gasteiger partial charge in [0.05, 0.1) is 6.61 Å². The predicted molar refractivity (Wildman–Crippen MR) is 84.1 cm³/mol. The summed E-state index contributed by atoms with van der Waals surface area (Å²) in [6.07, 6.45) is 1.70. The quantitative estimate of drug-likeness (QED) is 0.827. The van der Waals surface area contributed by atoms with Gasteiger partial charge in [-0.1, -0.05) is 37.3 Å². The van der Waals surface area contributed by atoms with Gasteiger partial charge in [0.1, 0.15) is 11.6 Å². The average Bonchev–Trinajstić information content (AvgIpc) is 2.51. The first-order valence-electron chi connectivity index (χ1n) is 7.38. The van der Waals surface area contributed by atoms with E-state index in [1.165, 1.54) is 6.07 Å². The van der Waals surface area contributed by atoms with E-state index >= 15 is 0 Å². The Morgan fingerprint density at radius 2 is 1.95 bits per heavy atom. The molecule has 0 saturated carbocycles. The molecule has 3 heteroatoms. The lowest BCUT2D eigenvalue weighted by Crippen LogP contribution is -2.20. The lowest BCUT2D eigenvalue weighted by atomic mass is 9.98. The Morgan fingerprint density at radius 1 is 1.14 bits per heavy atom. The van der Waals surface area contributed by atoms with Crippen LogP contribution >= 0.6 is 0 Å². The molecule has 0 amide bonds. The van der Waals surface area contributed by atoms with Crippen LogP contribution in [0, 0.1) is 5.82 Å². The van der Waals surface area contributed by atoms with Crippen LogP contribution in [-0.4, -0.2) is 13.7 Å². The molecule has 0 aliphatic carbocycles. The number of hydrogen-bond acceptors (Lipinski definition) is 2. The third-order valence-electron chi connectivity index (χ3n) is 3.43. The lowest BCUT2D eigenvalue weighted by molar-refractivity contribution is 0.310. The number of likely N-dealkylation sites (N-methyl/N-ethyl adjacent to an activating group) is 1. The van der Waals surface area contributed by atoms with Crippen LogP contribution in [0.25, 0.3) is 0 Å². The molecular formula is C18H22FNO. The molecule has 0 fully saturated rings. The highest BCUT2D eigenvalue weighted by Gasteiger charge is 2.15. The van der Waals surface area contributed by atoms with Crippen molar-refractivity contribution >= 4 is 0 Å². The van der Waals surface area contributed by atoms with Crippen LogP contribution < -0.4 is 10.1 Å². The average molecular weight is 287 g/mol. The van der Waals surface area contributed by atoms with Crippen LogP contribution in [0.4, 0.5) is 4.39 Å². The van der Waals surface area contributed by atoms with Crippen molar-refractivity contribution in [2.24, 2.45) is 0 Å². The maximum atomic E-state index is 13.3. The van der Waals surface area contributed by atoms with Gasteiger partial charge in [-0.05, 0) is 43.7 Å². The van der Waals surface area contributed by atoms with Gasteiger partial charge < -0.3 is 10.1 Å². The molecule has 0 saturated heterocycles. The van der Waals surface area contributed by atoms with Crippen molar-refractivity contribution in [3.8, 4) is 5.75 Å². The summed E-state index contributed by atoms with van der Waals surface area (Å²) < 4.78 is 19.1. The fourth-order valence-corrected chi connectivity index (χ4v) is 2.38. The topological polar surface area (TPSA) is 21.3 Å². The Bertz CT molecular complexity index is 571. The van der Waals surface area contributed by atoms with Crippen LogP contribution in [0.15, 0.2) is 48.5 Å². The van der Waals surface area contributed by atoms with Gasteiger partial charge in [0.2, 0.25) is 0 Å². The molecule has 0 radical (unpaired) electrons. The molecule has 0 aromatic heterocycles. The van der Waals surface area contributed by atoms with Crippen molar-refractivity contribution in [1.29, 1.82) is 0 Å². The van der Waals surface area contributed by atoms with E-state index in [1.807, 2.05) is 31.3 Å². The summed E-state index contributed by atoms with van der Waals surface area (Å²) in [5, 5.41) is 3.30. The minimum absolute atomic E-state index is 0.0971. The van der Waals surface area contributed by atoms with Gasteiger partial charge in [0, 0.05) is 11.6 Å². The van der Waals surface area contributed by atoms with E-state index in [4.69, 9.17) is 4.74 Å². The normalized spacial score (nSPS) is 12.1. The Hall–Kier alpha value is -1.87. The van der Waals surface area contributed by atoms with E-state index in [2.05, 4.69) is 18.3 Å². The highest BCUT2D eigenvalue weighted by Crippen LogP contribution is 2.27. The molecule has 1 atom stereocenters. The first kappa shape index (κ1) is 15.5. The summed E-state index contributed by atoms with van der Waals surface area (Å²) in [6.45, 7) is 2.79. The summed E-state index contributed by atoms with van der Waals surface area (Å²) in [5.74, 6) is 0.702. The third kappa shape index (κ3) is 4.30. The minimum atomic E-state index is -0.196. The molecule has 2 aromatic carbocycles. The minimum Gasteiger partial charge on any atom is -0.493 e. The van der Waals surface area contributed by atoms with Crippen molar-refractivity contribution in [2.45, 2.75) is 25.8 Å². The molecule has 0 heterocycles. The summed E-state index contributed by atoms with van der Waals surface area (Å²) in [7, 11) is 1.92. The fourth-order valence-electron chi connectivity index (χ4n) is 2.38. The lowest BCUT2D eigenvalue weighted by Gasteiger charge is -2.20. The van der Waals surface area contributed by atoms with Gasteiger partial charge in [-0.15, -0.1) is 0 Å². The zero-order valence-electron chi connectivity index (χ0n) is 12.6. The van der Waals surface area contributed by atoms with Gasteiger partial charge in [0.25, 0.3) is 0 Å². The molecule has 0 aliphatic heterocycles. The summed E-state index contributed by atoms with van der Waals surface area (Å²) in [4.78, 5) is 0. The smallest absolute Gasteiger partial charge is 0.124 e. The van der Waals surface area contributed by atoms with Crippen LogP contribution in [0.1, 0.15) is 30.5 Å². The Kier molecular flexibility index (Phi) is 5.76. The number of halogens is 1. The Morgan fingerprint density at radius 3 is 2.67 bits per heavy atom. The third-order valence-corrected chi connectivity index (χ3v) is 3.43. The first-order chi connectivity index (χ1) is 10.2. The molecule has 21 heavy (non-hydrogen) atoms. The predicted octanol–water partition coefficient (Wildman–Crippen LogP) is 4.12. The fraction of sp³-hybridized carbons (Fsp3) is 0.333. The number of hydrogen-bond donors (Lipinski definition) is 1. The molecular weight excluding hydrogens is 265 g/mol. The molecule has 1 N–H and O–H groups in total. The first-order valence-corrected chi connectivity index (χ1v) is 7.38. The van der Waals surface area contributed by atoms with E-state index in [0.29, 0.717) is 6.61 Å². The van der Waals surface area contributed by atoms with Crippen molar-refractivity contribution in [2.75, 3.05) is 13.7 Å². The van der Waals surface area contributed by atoms with Crippen molar-refractivity contribution in [1.82, 2.24) is 5.32 Å². The van der Waals surface area contributed by atoms with Crippen LogP contribution in [0.2, 0.25) is 0 Å². The van der Waals surface area contributed by atoms with Crippen LogP contribution in [0.5, 0.6) is 5.75 Å². The molecule has 112 valence electrons. The molecule has 0 bridgehead atoms. The maximum Gasteiger partial charge on any atom is 0.124 e. The molecule has 2 rings (SSSR count). The largest absolute Gasteiger partial charge is 0.493 e. The molecule has 0 spiro atoms. The van der Waals surface area contributed by atoms with E-state index in [9.17, 15) is 4.39 Å². The summed E-state index contributed by atoms with van der Waals surface area (Å²) >= 11 is 0. The second-order valence-corrected chi connectivity index (χ2v) is 5.06. The van der Waals surface area contributed by atoms with Crippen LogP contribution in [0.3, 0.4) is 0 Å². The summed E-state index contributed by atoms with van der Waals surface area (Å²) in [5.41, 5.74) is 2.08. The van der Waals surface area contributed by atoms with E-state index in [-0.39, 0.29) is 11.9 Å². The number of rotatable bonds is 7. The van der Waals surface area contributed by atoms with Gasteiger partial charge in [0.15, 0.2) is 0 Å². The molecule has 1 unspecified atom stereocenters. The SMILES string of the molecule is CCCOc1ccccc1C(Cc1cccc(F)c1)NC. The second-order valence-electron chi connectivity index (χ2n) is 5.06. The Balaban J connectivity index is 2.20. The van der Waals surface area contributed by atoms with E-state index in [0.717, 1.165) is 29.7 Å². The monoisotopic (exact) mass is 287 g/mol. The zero-order chi connectivity index (χ0) is 15.1. The van der Waals surface area contributed by atoms with Gasteiger partial charge >= 0.3 is 0 Å². The number of para-hydroxylation sites is 1. The molecule has 2 aromatic rings. The van der Waals surface area contributed by atoms with E-state index < -0.39 is 0 Å². The second kappa shape index (κ2) is 7.79. The zero-order valence-corrected chi connectivity index (χ0v) is 12.6. The van der Waals surface area contributed by atoms with Crippen molar-refractivity contribution < 1.29 is 9.13 Å². The van der Waals surface area contributed by atoms with Crippen molar-refractivity contribution in [3.05, 3.63) is 65.5 Å². The van der Waals surface area contributed by atoms with E-state index in [1.54, 1.807) is 12.1 Å². The molecule has 2 nitrogen and oxygen atoms in total. The van der Waals surface area contributed by atoms with Gasteiger partial charge in [-0.3, -0.25) is 0 Å². The highest BCUT2D eigenvalue weighted by atomic mass is 19.1. The highest BCUT2D eigenvalue weighted by molar-refractivity contribution is 5.37. The number of benzene rings is 2. The maximum absolute atomic E-state index is 13.3. The van der Waals surface area contributed by atoms with Crippen molar-refractivity contribution in [3.63, 3.8) is 0 Å². The molecule has 0 aliphatic rings. The number of nitrogens with one attached hydrogen (secondary N) is 1. The van der Waals surface area contributed by atoms with Crippen LogP contribution in [-0.2, 0) is 6.42 Å². The summed E-state index contributed by atoms with van der Waals surface area (Å²) in [6, 6.07) is 14.9. The van der Waals surface area contributed by atoms with Gasteiger partial charge in [-0.2, -0.15) is 0 Å². The standard InChI is InChI=1S/C18H22FNO/c1-3-11-21-18-10-5-4-9-16(18)17(20-2)13-14-7-6-8-15(19)12-14/h4-10,12,17,20H,3,11,13H2,1-2H3. The number of ether oxygens (including phenoxy) is 1. The Labute approximate surface area is 126 Å². The van der Waals surface area contributed by atoms with Gasteiger partial charge in [-0.25, -0.2) is 4.39 Å².